The molecule has 0 aliphatic heterocycles. The molecule has 0 spiro atoms. The second-order valence-corrected chi connectivity index (χ2v) is 6.11. The van der Waals surface area contributed by atoms with E-state index in [2.05, 4.69) is 20.7 Å². The molecule has 0 aromatic heterocycles. The number of sulfonamides is 1. The first-order valence-corrected chi connectivity index (χ1v) is 7.34. The van der Waals surface area contributed by atoms with Gasteiger partial charge in [0.05, 0.1) is 20.8 Å². The number of halogens is 2. The fourth-order valence-electron chi connectivity index (χ4n) is 1.05. The summed E-state index contributed by atoms with van der Waals surface area (Å²) < 4.78 is 25.3. The van der Waals surface area contributed by atoms with Crippen LogP contribution < -0.4 is 4.72 Å². The van der Waals surface area contributed by atoms with Crippen LogP contribution >= 0.6 is 27.5 Å². The molecule has 0 radical (unpaired) electrons. The van der Waals surface area contributed by atoms with E-state index < -0.39 is 14.9 Å². The zero-order chi connectivity index (χ0) is 13.1. The van der Waals surface area contributed by atoms with Gasteiger partial charge in [0.2, 0.25) is 10.0 Å². The van der Waals surface area contributed by atoms with Crippen molar-refractivity contribution < 1.29 is 13.3 Å². The van der Waals surface area contributed by atoms with Gasteiger partial charge in [0, 0.05) is 11.9 Å². The highest BCUT2D eigenvalue weighted by atomic mass is 79.9. The number of nitrogens with one attached hydrogen (secondary N) is 1. The summed E-state index contributed by atoms with van der Waals surface area (Å²) in [5.41, 5.74) is -0.0823. The van der Waals surface area contributed by atoms with Crippen LogP contribution in [0.5, 0.6) is 0 Å². The van der Waals surface area contributed by atoms with Gasteiger partial charge in [-0.05, 0) is 28.1 Å². The molecule has 94 valence electrons. The number of nitro benzene ring substituents is 1. The van der Waals surface area contributed by atoms with Gasteiger partial charge in [-0.15, -0.1) is 11.6 Å². The van der Waals surface area contributed by atoms with Crippen molar-refractivity contribution in [3.8, 4) is 0 Å². The third-order valence-electron chi connectivity index (χ3n) is 1.76. The van der Waals surface area contributed by atoms with Gasteiger partial charge in [-0.3, -0.25) is 14.8 Å². The maximum Gasteiger partial charge on any atom is 0.285 e. The molecule has 0 amide bonds. The topological polar surface area (TPSA) is 89.3 Å². The largest absolute Gasteiger partial charge is 0.285 e. The number of nitro groups is 1. The Morgan fingerprint density at radius 3 is 2.65 bits per heavy atom. The van der Waals surface area contributed by atoms with Gasteiger partial charge >= 0.3 is 0 Å². The van der Waals surface area contributed by atoms with Crippen LogP contribution in [0, 0.1) is 10.1 Å². The quantitative estimate of drug-likeness (QED) is 0.505. The first-order valence-electron chi connectivity index (χ1n) is 4.36. The lowest BCUT2D eigenvalue weighted by Crippen LogP contribution is -2.17. The zero-order valence-corrected chi connectivity index (χ0v) is 11.5. The van der Waals surface area contributed by atoms with Gasteiger partial charge in [0.1, 0.15) is 0 Å². The monoisotopic (exact) mass is 342 g/mol. The molecule has 0 saturated carbocycles. The standard InChI is InChI=1S/C8H8BrClN2O4S/c9-7-2-1-6(5-8(7)12(13)14)11-17(15,16)4-3-10/h1-2,5,11H,3-4H2. The van der Waals surface area contributed by atoms with Crippen molar-refractivity contribution in [2.45, 2.75) is 0 Å². The molecule has 0 aliphatic carbocycles. The summed E-state index contributed by atoms with van der Waals surface area (Å²) in [6.45, 7) is 0. The highest BCUT2D eigenvalue weighted by molar-refractivity contribution is 9.10. The number of alkyl halides is 1. The summed E-state index contributed by atoms with van der Waals surface area (Å²) >= 11 is 8.33. The van der Waals surface area contributed by atoms with Crippen LogP contribution in [0.3, 0.4) is 0 Å². The molecule has 0 bridgehead atoms. The molecule has 6 nitrogen and oxygen atoms in total. The minimum atomic E-state index is -3.56. The van der Waals surface area contributed by atoms with E-state index in [0.29, 0.717) is 0 Å². The Morgan fingerprint density at radius 2 is 2.12 bits per heavy atom. The van der Waals surface area contributed by atoms with Crippen LogP contribution in [0.15, 0.2) is 22.7 Å². The molecule has 1 N–H and O–H groups in total. The summed E-state index contributed by atoms with van der Waals surface area (Å²) in [7, 11) is -3.56. The lowest BCUT2D eigenvalue weighted by Gasteiger charge is -2.06. The number of rotatable bonds is 5. The van der Waals surface area contributed by atoms with Gasteiger partial charge in [0.25, 0.3) is 5.69 Å². The minimum absolute atomic E-state index is 0.0477. The Morgan fingerprint density at radius 1 is 1.47 bits per heavy atom. The third kappa shape index (κ3) is 4.14. The Kier molecular flexibility index (Phi) is 4.72. The average molecular weight is 344 g/mol. The average Bonchev–Trinajstić information content (AvgIpc) is 2.20. The van der Waals surface area contributed by atoms with Crippen LogP contribution in [-0.4, -0.2) is 25.0 Å². The predicted molar refractivity (Wildman–Crippen MR) is 68.9 cm³/mol. The number of hydrogen-bond acceptors (Lipinski definition) is 4. The Bertz CT molecular complexity index is 534. The third-order valence-corrected chi connectivity index (χ3v) is 4.13. The summed E-state index contributed by atoms with van der Waals surface area (Å²) in [5.74, 6) is -0.299. The first kappa shape index (κ1) is 14.2. The van der Waals surface area contributed by atoms with Crippen molar-refractivity contribution in [1.82, 2.24) is 0 Å². The molecule has 1 aromatic rings. The maximum atomic E-state index is 11.4. The summed E-state index contributed by atoms with van der Waals surface area (Å²) in [6.07, 6.45) is 0. The number of hydrogen-bond donors (Lipinski definition) is 1. The van der Waals surface area contributed by atoms with E-state index in [4.69, 9.17) is 11.6 Å². The molecule has 9 heteroatoms. The smallest absolute Gasteiger partial charge is 0.283 e. The number of benzene rings is 1. The molecule has 0 fully saturated rings. The number of anilines is 1. The molecular formula is C8H8BrClN2O4S. The second-order valence-electron chi connectivity index (χ2n) is 3.03. The molecule has 0 saturated heterocycles. The Labute approximate surface area is 111 Å². The second kappa shape index (κ2) is 5.65. The van der Waals surface area contributed by atoms with Crippen molar-refractivity contribution in [3.63, 3.8) is 0 Å². The maximum absolute atomic E-state index is 11.4. The SMILES string of the molecule is O=[N+]([O-])c1cc(NS(=O)(=O)CCCl)ccc1Br. The van der Waals surface area contributed by atoms with E-state index in [1.807, 2.05) is 0 Å². The molecule has 17 heavy (non-hydrogen) atoms. The molecule has 0 aliphatic rings. The van der Waals surface area contributed by atoms with E-state index in [-0.39, 0.29) is 27.5 Å². The van der Waals surface area contributed by atoms with Crippen LogP contribution in [0.1, 0.15) is 0 Å². The van der Waals surface area contributed by atoms with E-state index in [9.17, 15) is 18.5 Å². The molecule has 1 aromatic carbocycles. The van der Waals surface area contributed by atoms with Crippen LogP contribution in [0.25, 0.3) is 0 Å². The minimum Gasteiger partial charge on any atom is -0.283 e. The molecule has 0 atom stereocenters. The van der Waals surface area contributed by atoms with Crippen LogP contribution in [0.4, 0.5) is 11.4 Å². The fourth-order valence-corrected chi connectivity index (χ4v) is 2.84. The van der Waals surface area contributed by atoms with Crippen molar-refractivity contribution in [3.05, 3.63) is 32.8 Å². The van der Waals surface area contributed by atoms with E-state index in [0.717, 1.165) is 6.07 Å². The fraction of sp³-hybridized carbons (Fsp3) is 0.250. The summed E-state index contributed by atoms with van der Waals surface area (Å²) in [5, 5.41) is 10.6. The van der Waals surface area contributed by atoms with E-state index in [1.165, 1.54) is 12.1 Å². The number of nitrogens with zero attached hydrogens (tertiary/aromatic N) is 1. The lowest BCUT2D eigenvalue weighted by atomic mass is 10.3. The van der Waals surface area contributed by atoms with Crippen molar-refractivity contribution >= 4 is 48.9 Å². The van der Waals surface area contributed by atoms with Crippen LogP contribution in [-0.2, 0) is 10.0 Å². The molecule has 0 heterocycles. The Balaban J connectivity index is 3.02. The Hall–Kier alpha value is -0.860. The lowest BCUT2D eigenvalue weighted by molar-refractivity contribution is -0.385. The molecule has 1 rings (SSSR count). The van der Waals surface area contributed by atoms with Gasteiger partial charge < -0.3 is 0 Å². The first-order chi connectivity index (χ1) is 7.85. The molecule has 0 unspecified atom stereocenters. The summed E-state index contributed by atoms with van der Waals surface area (Å²) in [6, 6.07) is 3.95. The highest BCUT2D eigenvalue weighted by Gasteiger charge is 2.15. The van der Waals surface area contributed by atoms with Gasteiger partial charge in [0.15, 0.2) is 0 Å². The summed E-state index contributed by atoms with van der Waals surface area (Å²) in [4.78, 5) is 10.0. The van der Waals surface area contributed by atoms with Crippen molar-refractivity contribution in [1.29, 1.82) is 0 Å². The molecular weight excluding hydrogens is 336 g/mol. The van der Waals surface area contributed by atoms with Crippen molar-refractivity contribution in [2.75, 3.05) is 16.4 Å². The van der Waals surface area contributed by atoms with E-state index in [1.54, 1.807) is 0 Å². The van der Waals surface area contributed by atoms with Crippen LogP contribution in [0.2, 0.25) is 0 Å². The van der Waals surface area contributed by atoms with Crippen molar-refractivity contribution in [2.24, 2.45) is 0 Å². The van der Waals surface area contributed by atoms with E-state index >= 15 is 0 Å². The van der Waals surface area contributed by atoms with Gasteiger partial charge in [-0.2, -0.15) is 0 Å². The predicted octanol–water partition coefficient (Wildman–Crippen LogP) is 2.34. The highest BCUT2D eigenvalue weighted by Crippen LogP contribution is 2.28. The van der Waals surface area contributed by atoms with Gasteiger partial charge in [-0.1, -0.05) is 0 Å². The zero-order valence-electron chi connectivity index (χ0n) is 8.39. The van der Waals surface area contributed by atoms with Gasteiger partial charge in [-0.25, -0.2) is 8.42 Å². The normalized spacial score (nSPS) is 11.2.